The minimum absolute atomic E-state index is 0.176. The summed E-state index contributed by atoms with van der Waals surface area (Å²) in [5.74, 6) is 1.68. The Bertz CT molecular complexity index is 450. The molecule has 1 atom stereocenters. The standard InChI is InChI=1S/C13H16BrNO3/c1-17-11-4-3-9(12(6-11)18-2)7-15-8-10(14)5-13(15)16/h3-4,6,10H,5,7-8H2,1-2H3. The van der Waals surface area contributed by atoms with Crippen molar-refractivity contribution in [3.05, 3.63) is 23.8 Å². The maximum atomic E-state index is 11.7. The van der Waals surface area contributed by atoms with Crippen LogP contribution in [0.3, 0.4) is 0 Å². The van der Waals surface area contributed by atoms with Gasteiger partial charge in [-0.05, 0) is 12.1 Å². The van der Waals surface area contributed by atoms with Gasteiger partial charge in [0.15, 0.2) is 0 Å². The number of methoxy groups -OCH3 is 2. The average molecular weight is 314 g/mol. The zero-order valence-corrected chi connectivity index (χ0v) is 12.1. The Balaban J connectivity index is 2.16. The summed E-state index contributed by atoms with van der Waals surface area (Å²) in [7, 11) is 3.24. The van der Waals surface area contributed by atoms with E-state index in [1.54, 1.807) is 14.2 Å². The van der Waals surface area contributed by atoms with Crippen LogP contribution in [0.2, 0.25) is 0 Å². The number of likely N-dealkylation sites (tertiary alicyclic amines) is 1. The van der Waals surface area contributed by atoms with Crippen molar-refractivity contribution >= 4 is 21.8 Å². The fraction of sp³-hybridized carbons (Fsp3) is 0.462. The first-order valence-electron chi connectivity index (χ1n) is 5.76. The molecule has 1 aliphatic heterocycles. The molecule has 4 nitrogen and oxygen atoms in total. The quantitative estimate of drug-likeness (QED) is 0.800. The van der Waals surface area contributed by atoms with Crippen LogP contribution in [0.5, 0.6) is 11.5 Å². The molecule has 5 heteroatoms. The van der Waals surface area contributed by atoms with Gasteiger partial charge in [-0.2, -0.15) is 0 Å². The van der Waals surface area contributed by atoms with E-state index < -0.39 is 0 Å². The van der Waals surface area contributed by atoms with Crippen molar-refractivity contribution < 1.29 is 14.3 Å². The summed E-state index contributed by atoms with van der Waals surface area (Å²) in [6, 6.07) is 5.65. The van der Waals surface area contributed by atoms with Crippen LogP contribution in [0, 0.1) is 0 Å². The van der Waals surface area contributed by atoms with Crippen LogP contribution in [-0.4, -0.2) is 36.4 Å². The second-order valence-corrected chi connectivity index (χ2v) is 5.55. The number of hydrogen-bond donors (Lipinski definition) is 0. The van der Waals surface area contributed by atoms with Gasteiger partial charge in [0.1, 0.15) is 11.5 Å². The molecule has 1 aromatic carbocycles. The number of alkyl halides is 1. The Kier molecular flexibility index (Phi) is 4.11. The van der Waals surface area contributed by atoms with Gasteiger partial charge in [0.2, 0.25) is 5.91 Å². The number of carbonyl (C=O) groups excluding carboxylic acids is 1. The van der Waals surface area contributed by atoms with Crippen LogP contribution >= 0.6 is 15.9 Å². The molecule has 1 aliphatic rings. The molecule has 0 aliphatic carbocycles. The molecule has 1 saturated heterocycles. The summed E-state index contributed by atoms with van der Waals surface area (Å²) in [4.78, 5) is 13.8. The number of nitrogens with zero attached hydrogens (tertiary/aromatic N) is 1. The van der Waals surface area contributed by atoms with E-state index in [4.69, 9.17) is 9.47 Å². The van der Waals surface area contributed by atoms with Crippen molar-refractivity contribution in [2.75, 3.05) is 20.8 Å². The molecule has 1 unspecified atom stereocenters. The lowest BCUT2D eigenvalue weighted by Crippen LogP contribution is -2.24. The summed E-state index contributed by atoms with van der Waals surface area (Å²) in [5, 5.41) is 0. The lowest BCUT2D eigenvalue weighted by molar-refractivity contribution is -0.128. The molecule has 0 saturated carbocycles. The van der Waals surface area contributed by atoms with E-state index >= 15 is 0 Å². The van der Waals surface area contributed by atoms with Crippen LogP contribution in [0.15, 0.2) is 18.2 Å². The molecule has 2 rings (SSSR count). The summed E-state index contributed by atoms with van der Waals surface area (Å²) >= 11 is 3.48. The van der Waals surface area contributed by atoms with E-state index in [9.17, 15) is 4.79 Å². The lowest BCUT2D eigenvalue weighted by Gasteiger charge is -2.18. The van der Waals surface area contributed by atoms with E-state index in [1.807, 2.05) is 23.1 Å². The van der Waals surface area contributed by atoms with Gasteiger partial charge in [-0.25, -0.2) is 0 Å². The number of ether oxygens (including phenoxy) is 2. The topological polar surface area (TPSA) is 38.8 Å². The van der Waals surface area contributed by atoms with Crippen LogP contribution in [0.25, 0.3) is 0 Å². The number of amides is 1. The third-order valence-electron chi connectivity index (χ3n) is 3.02. The molecule has 1 aromatic rings. The summed E-state index contributed by atoms with van der Waals surface area (Å²) < 4.78 is 10.5. The fourth-order valence-corrected chi connectivity index (χ4v) is 2.69. The molecule has 0 radical (unpaired) electrons. The van der Waals surface area contributed by atoms with Gasteiger partial charge in [0, 0.05) is 36.0 Å². The number of benzene rings is 1. The number of halogens is 1. The monoisotopic (exact) mass is 313 g/mol. The van der Waals surface area contributed by atoms with E-state index in [-0.39, 0.29) is 10.7 Å². The van der Waals surface area contributed by atoms with Crippen molar-refractivity contribution in [1.29, 1.82) is 0 Å². The van der Waals surface area contributed by atoms with E-state index in [0.717, 1.165) is 23.6 Å². The first-order valence-corrected chi connectivity index (χ1v) is 6.68. The SMILES string of the molecule is COc1ccc(CN2CC(Br)CC2=O)c(OC)c1. The van der Waals surface area contributed by atoms with Gasteiger partial charge in [0.05, 0.1) is 14.2 Å². The molecule has 0 aromatic heterocycles. The molecule has 0 bridgehead atoms. The van der Waals surface area contributed by atoms with Crippen molar-refractivity contribution in [3.63, 3.8) is 0 Å². The highest BCUT2D eigenvalue weighted by atomic mass is 79.9. The van der Waals surface area contributed by atoms with Crippen molar-refractivity contribution in [2.24, 2.45) is 0 Å². The summed E-state index contributed by atoms with van der Waals surface area (Å²) in [6.07, 6.45) is 0.568. The van der Waals surface area contributed by atoms with Crippen molar-refractivity contribution in [1.82, 2.24) is 4.90 Å². The zero-order valence-electron chi connectivity index (χ0n) is 10.5. The first-order chi connectivity index (χ1) is 8.63. The van der Waals surface area contributed by atoms with Crippen LogP contribution in [0.1, 0.15) is 12.0 Å². The second kappa shape index (κ2) is 5.61. The van der Waals surface area contributed by atoms with Gasteiger partial charge in [-0.3, -0.25) is 4.79 Å². The normalized spacial score (nSPS) is 19.2. The molecule has 0 N–H and O–H groups in total. The first kappa shape index (κ1) is 13.2. The Hall–Kier alpha value is -1.23. The molecular weight excluding hydrogens is 298 g/mol. The van der Waals surface area contributed by atoms with Gasteiger partial charge in [-0.1, -0.05) is 15.9 Å². The third kappa shape index (κ3) is 2.77. The van der Waals surface area contributed by atoms with Crippen molar-refractivity contribution in [3.8, 4) is 11.5 Å². The van der Waals surface area contributed by atoms with Gasteiger partial charge in [0.25, 0.3) is 0 Å². The summed E-state index contributed by atoms with van der Waals surface area (Å²) in [6.45, 7) is 1.32. The maximum absolute atomic E-state index is 11.7. The highest BCUT2D eigenvalue weighted by Gasteiger charge is 2.28. The molecule has 1 amide bonds. The van der Waals surface area contributed by atoms with Gasteiger partial charge in [-0.15, -0.1) is 0 Å². The predicted octanol–water partition coefficient (Wildman–Crippen LogP) is 2.20. The van der Waals surface area contributed by atoms with E-state index in [0.29, 0.717) is 13.0 Å². The van der Waals surface area contributed by atoms with Crippen LogP contribution in [-0.2, 0) is 11.3 Å². The highest BCUT2D eigenvalue weighted by molar-refractivity contribution is 9.09. The Labute approximate surface area is 115 Å². The van der Waals surface area contributed by atoms with E-state index in [1.165, 1.54) is 0 Å². The van der Waals surface area contributed by atoms with Gasteiger partial charge >= 0.3 is 0 Å². The van der Waals surface area contributed by atoms with Crippen LogP contribution in [0.4, 0.5) is 0 Å². The fourth-order valence-electron chi connectivity index (χ4n) is 2.06. The number of carbonyl (C=O) groups is 1. The number of rotatable bonds is 4. The molecule has 1 heterocycles. The third-order valence-corrected chi connectivity index (χ3v) is 3.64. The second-order valence-electron chi connectivity index (χ2n) is 4.25. The summed E-state index contributed by atoms with van der Waals surface area (Å²) in [5.41, 5.74) is 0.994. The van der Waals surface area contributed by atoms with E-state index in [2.05, 4.69) is 15.9 Å². The molecule has 18 heavy (non-hydrogen) atoms. The molecular formula is C13H16BrNO3. The molecule has 1 fully saturated rings. The molecule has 98 valence electrons. The molecule has 0 spiro atoms. The lowest BCUT2D eigenvalue weighted by atomic mass is 10.2. The van der Waals surface area contributed by atoms with Gasteiger partial charge < -0.3 is 14.4 Å². The maximum Gasteiger partial charge on any atom is 0.224 e. The minimum Gasteiger partial charge on any atom is -0.497 e. The smallest absolute Gasteiger partial charge is 0.224 e. The Morgan fingerprint density at radius 2 is 2.17 bits per heavy atom. The predicted molar refractivity (Wildman–Crippen MR) is 72.3 cm³/mol. The minimum atomic E-state index is 0.176. The largest absolute Gasteiger partial charge is 0.497 e. The Morgan fingerprint density at radius 3 is 2.72 bits per heavy atom. The zero-order chi connectivity index (χ0) is 13.1. The Morgan fingerprint density at radius 1 is 1.39 bits per heavy atom. The van der Waals surface area contributed by atoms with Crippen molar-refractivity contribution in [2.45, 2.75) is 17.8 Å². The highest BCUT2D eigenvalue weighted by Crippen LogP contribution is 2.28. The number of hydrogen-bond acceptors (Lipinski definition) is 3. The average Bonchev–Trinajstić information content (AvgIpc) is 2.68. The van der Waals surface area contributed by atoms with Crippen LogP contribution < -0.4 is 9.47 Å².